The number of nitrogens with one attached hydrogen (secondary N) is 1. The van der Waals surface area contributed by atoms with Crippen LogP contribution in [0, 0.1) is 11.6 Å². The number of thioether (sulfide) groups is 1. The number of hydrogen-bond donors (Lipinski definition) is 1. The van der Waals surface area contributed by atoms with Gasteiger partial charge in [-0.15, -0.1) is 11.8 Å². The standard InChI is InChI=1S/C18H16ClF2NO3S/c1-25-18(24)9-16(11-2-4-12(19)5-3-11)22-17(23)10-26-13-6-7-14(20)15(21)8-13/h2-8,16H,9-10H2,1H3,(H,22,23). The Balaban J connectivity index is 2.01. The molecule has 1 N–H and O–H groups in total. The molecule has 0 aliphatic rings. The van der Waals surface area contributed by atoms with Crippen molar-refractivity contribution >= 4 is 35.2 Å². The molecule has 0 saturated heterocycles. The minimum Gasteiger partial charge on any atom is -0.469 e. The third-order valence-electron chi connectivity index (χ3n) is 3.47. The van der Waals surface area contributed by atoms with Crippen LogP contribution in [0.15, 0.2) is 47.4 Å². The molecule has 2 rings (SSSR count). The molecule has 2 aromatic carbocycles. The number of esters is 1. The Morgan fingerprint density at radius 1 is 1.15 bits per heavy atom. The monoisotopic (exact) mass is 399 g/mol. The van der Waals surface area contributed by atoms with Crippen molar-refractivity contribution in [1.82, 2.24) is 5.32 Å². The van der Waals surface area contributed by atoms with Crippen LogP contribution in [-0.4, -0.2) is 24.7 Å². The highest BCUT2D eigenvalue weighted by molar-refractivity contribution is 8.00. The fourth-order valence-corrected chi connectivity index (χ4v) is 3.01. The zero-order valence-corrected chi connectivity index (χ0v) is 15.4. The van der Waals surface area contributed by atoms with Crippen LogP contribution in [0.25, 0.3) is 0 Å². The smallest absolute Gasteiger partial charge is 0.307 e. The molecule has 138 valence electrons. The lowest BCUT2D eigenvalue weighted by Crippen LogP contribution is -2.31. The van der Waals surface area contributed by atoms with Crippen molar-refractivity contribution in [2.24, 2.45) is 0 Å². The first kappa shape index (κ1) is 20.2. The summed E-state index contributed by atoms with van der Waals surface area (Å²) in [7, 11) is 1.27. The topological polar surface area (TPSA) is 55.4 Å². The second kappa shape index (κ2) is 9.54. The van der Waals surface area contributed by atoms with Crippen LogP contribution < -0.4 is 5.32 Å². The van der Waals surface area contributed by atoms with Gasteiger partial charge in [-0.25, -0.2) is 8.78 Å². The Bertz CT molecular complexity index is 787. The van der Waals surface area contributed by atoms with Gasteiger partial charge in [0.05, 0.1) is 25.3 Å². The third kappa shape index (κ3) is 6.00. The summed E-state index contributed by atoms with van der Waals surface area (Å²) < 4.78 is 30.8. The molecule has 0 aromatic heterocycles. The van der Waals surface area contributed by atoms with Gasteiger partial charge in [-0.05, 0) is 35.9 Å². The highest BCUT2D eigenvalue weighted by Gasteiger charge is 2.19. The number of amides is 1. The fraction of sp³-hybridized carbons (Fsp3) is 0.222. The van der Waals surface area contributed by atoms with Gasteiger partial charge < -0.3 is 10.1 Å². The van der Waals surface area contributed by atoms with Crippen LogP contribution >= 0.6 is 23.4 Å². The van der Waals surface area contributed by atoms with Crippen molar-refractivity contribution in [3.8, 4) is 0 Å². The van der Waals surface area contributed by atoms with Crippen LogP contribution in [0.5, 0.6) is 0 Å². The molecule has 0 spiro atoms. The molecule has 4 nitrogen and oxygen atoms in total. The largest absolute Gasteiger partial charge is 0.469 e. The van der Waals surface area contributed by atoms with Crippen LogP contribution in [0.4, 0.5) is 8.78 Å². The van der Waals surface area contributed by atoms with E-state index in [1.54, 1.807) is 24.3 Å². The predicted octanol–water partition coefficient (Wildman–Crippen LogP) is 4.13. The van der Waals surface area contributed by atoms with Gasteiger partial charge in [0.15, 0.2) is 11.6 Å². The number of ether oxygens (including phenoxy) is 1. The molecule has 0 aliphatic carbocycles. The van der Waals surface area contributed by atoms with Gasteiger partial charge >= 0.3 is 5.97 Å². The lowest BCUT2D eigenvalue weighted by Gasteiger charge is -2.18. The summed E-state index contributed by atoms with van der Waals surface area (Å²) in [6.07, 6.45) is -0.0419. The van der Waals surface area contributed by atoms with E-state index in [0.29, 0.717) is 15.5 Å². The van der Waals surface area contributed by atoms with E-state index in [1.807, 2.05) is 0 Å². The number of carbonyl (C=O) groups excluding carboxylic acids is 2. The average Bonchev–Trinajstić information content (AvgIpc) is 2.62. The molecule has 1 amide bonds. The maximum absolute atomic E-state index is 13.2. The first-order valence-electron chi connectivity index (χ1n) is 7.58. The molecule has 0 bridgehead atoms. The number of benzene rings is 2. The highest BCUT2D eigenvalue weighted by atomic mass is 35.5. The van der Waals surface area contributed by atoms with Crippen molar-refractivity contribution in [1.29, 1.82) is 0 Å². The molecule has 2 aromatic rings. The van der Waals surface area contributed by atoms with Gasteiger partial charge in [0.2, 0.25) is 5.91 Å². The average molecular weight is 400 g/mol. The van der Waals surface area contributed by atoms with Crippen molar-refractivity contribution < 1.29 is 23.1 Å². The Kier molecular flexibility index (Phi) is 7.41. The van der Waals surface area contributed by atoms with E-state index in [0.717, 1.165) is 23.9 Å². The molecule has 26 heavy (non-hydrogen) atoms. The molecule has 0 radical (unpaired) electrons. The van der Waals surface area contributed by atoms with Crippen LogP contribution in [0.2, 0.25) is 5.02 Å². The van der Waals surface area contributed by atoms with Crippen molar-refractivity contribution in [2.45, 2.75) is 17.4 Å². The van der Waals surface area contributed by atoms with Gasteiger partial charge in [-0.2, -0.15) is 0 Å². The van der Waals surface area contributed by atoms with E-state index >= 15 is 0 Å². The van der Waals surface area contributed by atoms with Gasteiger partial charge in [0, 0.05) is 9.92 Å². The van der Waals surface area contributed by atoms with Crippen LogP contribution in [0.3, 0.4) is 0 Å². The van der Waals surface area contributed by atoms with Crippen molar-refractivity contribution in [2.75, 3.05) is 12.9 Å². The summed E-state index contributed by atoms with van der Waals surface area (Å²) in [5.41, 5.74) is 0.700. The summed E-state index contributed by atoms with van der Waals surface area (Å²) in [6.45, 7) is 0. The lowest BCUT2D eigenvalue weighted by molar-refractivity contribution is -0.141. The predicted molar refractivity (Wildman–Crippen MR) is 96.1 cm³/mol. The van der Waals surface area contributed by atoms with E-state index < -0.39 is 23.6 Å². The summed E-state index contributed by atoms with van der Waals surface area (Å²) >= 11 is 6.92. The van der Waals surface area contributed by atoms with Gasteiger partial charge in [-0.3, -0.25) is 9.59 Å². The lowest BCUT2D eigenvalue weighted by atomic mass is 10.0. The number of hydrogen-bond acceptors (Lipinski definition) is 4. The zero-order valence-electron chi connectivity index (χ0n) is 13.8. The Hall–Kier alpha value is -2.12. The second-order valence-corrected chi connectivity index (χ2v) is 6.80. The minimum atomic E-state index is -0.972. The molecular weight excluding hydrogens is 384 g/mol. The van der Waals surface area contributed by atoms with Crippen molar-refractivity contribution in [3.63, 3.8) is 0 Å². The third-order valence-corrected chi connectivity index (χ3v) is 4.71. The maximum Gasteiger partial charge on any atom is 0.307 e. The number of methoxy groups -OCH3 is 1. The van der Waals surface area contributed by atoms with Gasteiger partial charge in [0.1, 0.15) is 0 Å². The Morgan fingerprint density at radius 2 is 1.85 bits per heavy atom. The van der Waals surface area contributed by atoms with Crippen LogP contribution in [-0.2, 0) is 14.3 Å². The number of halogens is 3. The first-order valence-corrected chi connectivity index (χ1v) is 8.95. The maximum atomic E-state index is 13.2. The molecule has 0 fully saturated rings. The molecule has 1 atom stereocenters. The van der Waals surface area contributed by atoms with Gasteiger partial charge in [0.25, 0.3) is 0 Å². The second-order valence-electron chi connectivity index (χ2n) is 5.32. The zero-order chi connectivity index (χ0) is 19.1. The Labute approximate surface area is 158 Å². The Morgan fingerprint density at radius 3 is 2.46 bits per heavy atom. The van der Waals surface area contributed by atoms with E-state index in [2.05, 4.69) is 10.1 Å². The van der Waals surface area contributed by atoms with E-state index in [-0.39, 0.29) is 18.1 Å². The van der Waals surface area contributed by atoms with Crippen molar-refractivity contribution in [3.05, 3.63) is 64.7 Å². The quantitative estimate of drug-likeness (QED) is 0.562. The summed E-state index contributed by atoms with van der Waals surface area (Å²) in [4.78, 5) is 24.2. The molecule has 0 heterocycles. The van der Waals surface area contributed by atoms with Crippen LogP contribution in [0.1, 0.15) is 18.0 Å². The molecule has 1 unspecified atom stereocenters. The normalized spacial score (nSPS) is 11.7. The highest BCUT2D eigenvalue weighted by Crippen LogP contribution is 2.22. The molecule has 0 aliphatic heterocycles. The molecule has 8 heteroatoms. The van der Waals surface area contributed by atoms with E-state index in [1.165, 1.54) is 13.2 Å². The van der Waals surface area contributed by atoms with Gasteiger partial charge in [-0.1, -0.05) is 23.7 Å². The van der Waals surface area contributed by atoms with E-state index in [9.17, 15) is 18.4 Å². The fourth-order valence-electron chi connectivity index (χ4n) is 2.15. The molecular formula is C18H16ClF2NO3S. The minimum absolute atomic E-state index is 0.0175. The first-order chi connectivity index (χ1) is 12.4. The number of carbonyl (C=O) groups is 2. The summed E-state index contributed by atoms with van der Waals surface area (Å²) in [6, 6.07) is 9.56. The molecule has 0 saturated carbocycles. The summed E-state index contributed by atoms with van der Waals surface area (Å²) in [5, 5.41) is 3.28. The SMILES string of the molecule is COC(=O)CC(NC(=O)CSc1ccc(F)c(F)c1)c1ccc(Cl)cc1. The van der Waals surface area contributed by atoms with E-state index in [4.69, 9.17) is 11.6 Å². The number of rotatable bonds is 7. The summed E-state index contributed by atoms with van der Waals surface area (Å²) in [5.74, 6) is -2.77.